The van der Waals surface area contributed by atoms with E-state index in [9.17, 15) is 0 Å². The molecule has 0 saturated heterocycles. The maximum Gasteiger partial charge on any atom is 0.0423 e. The van der Waals surface area contributed by atoms with E-state index < -0.39 is 0 Å². The summed E-state index contributed by atoms with van der Waals surface area (Å²) in [7, 11) is 0. The molecular weight excluding hydrogens is 122 g/mol. The predicted octanol–water partition coefficient (Wildman–Crippen LogP) is 1.96. The third-order valence-corrected chi connectivity index (χ3v) is 2.08. The second-order valence-corrected chi connectivity index (χ2v) is 2.77. The smallest absolute Gasteiger partial charge is 0.0423 e. The molecule has 0 aromatic heterocycles. The maximum absolute atomic E-state index is 4.24. The maximum atomic E-state index is 4.24. The van der Waals surface area contributed by atoms with E-state index in [2.05, 4.69) is 29.4 Å². The van der Waals surface area contributed by atoms with Crippen molar-refractivity contribution in [1.29, 1.82) is 0 Å². The van der Waals surface area contributed by atoms with Crippen LogP contribution in [0.15, 0.2) is 28.8 Å². The number of fused-ring (bicyclic) bond motifs is 1. The average molecular weight is 133 g/mol. The van der Waals surface area contributed by atoms with Crippen LogP contribution in [-0.2, 0) is 0 Å². The molecule has 0 aromatic rings. The molecule has 0 N–H and O–H groups in total. The van der Waals surface area contributed by atoms with Crippen LogP contribution < -0.4 is 0 Å². The molecule has 1 aliphatic heterocycles. The Morgan fingerprint density at radius 3 is 3.40 bits per heavy atom. The van der Waals surface area contributed by atoms with Gasteiger partial charge in [0.05, 0.1) is 0 Å². The van der Waals surface area contributed by atoms with Gasteiger partial charge in [-0.25, -0.2) is 0 Å². The van der Waals surface area contributed by atoms with E-state index in [0.717, 1.165) is 13.0 Å². The molecule has 1 aliphatic carbocycles. The number of aliphatic imine (C=N–C) groups is 1. The quantitative estimate of drug-likeness (QED) is 0.448. The van der Waals surface area contributed by atoms with E-state index in [0.29, 0.717) is 5.92 Å². The zero-order valence-electron chi connectivity index (χ0n) is 5.96. The van der Waals surface area contributed by atoms with Crippen molar-refractivity contribution >= 4 is 6.21 Å². The van der Waals surface area contributed by atoms with Crippen molar-refractivity contribution in [2.24, 2.45) is 10.9 Å². The summed E-state index contributed by atoms with van der Waals surface area (Å²) in [6, 6.07) is 0. The van der Waals surface area contributed by atoms with Gasteiger partial charge in [-0.3, -0.25) is 4.99 Å². The molecule has 1 heterocycles. The standard InChI is InChI=1S/C9H11N/c1-2-4-9-7-10-6-5-8(9)3-1/h2-4,7,9H,1,5-6H2. The molecule has 0 radical (unpaired) electrons. The second-order valence-electron chi connectivity index (χ2n) is 2.77. The molecule has 52 valence electrons. The van der Waals surface area contributed by atoms with E-state index in [1.54, 1.807) is 5.57 Å². The van der Waals surface area contributed by atoms with Crippen LogP contribution in [-0.4, -0.2) is 12.8 Å². The van der Waals surface area contributed by atoms with Crippen molar-refractivity contribution in [2.45, 2.75) is 12.8 Å². The van der Waals surface area contributed by atoms with E-state index in [4.69, 9.17) is 0 Å². The van der Waals surface area contributed by atoms with Gasteiger partial charge in [-0.2, -0.15) is 0 Å². The normalized spacial score (nSPS) is 29.6. The largest absolute Gasteiger partial charge is 0.296 e. The summed E-state index contributed by atoms with van der Waals surface area (Å²) in [5.41, 5.74) is 1.57. The van der Waals surface area contributed by atoms with Gasteiger partial charge >= 0.3 is 0 Å². The second kappa shape index (κ2) is 2.41. The predicted molar refractivity (Wildman–Crippen MR) is 43.3 cm³/mol. The summed E-state index contributed by atoms with van der Waals surface area (Å²) in [5.74, 6) is 0.544. The summed E-state index contributed by atoms with van der Waals surface area (Å²) in [6.07, 6.45) is 11.1. The highest BCUT2D eigenvalue weighted by atomic mass is 14.7. The lowest BCUT2D eigenvalue weighted by Gasteiger charge is -2.18. The van der Waals surface area contributed by atoms with Crippen LogP contribution in [0.3, 0.4) is 0 Å². The van der Waals surface area contributed by atoms with Gasteiger partial charge in [0.25, 0.3) is 0 Å². The molecule has 1 nitrogen and oxygen atoms in total. The highest BCUT2D eigenvalue weighted by Crippen LogP contribution is 2.22. The Balaban J connectivity index is 2.26. The fraction of sp³-hybridized carbons (Fsp3) is 0.444. The zero-order valence-corrected chi connectivity index (χ0v) is 5.96. The SMILES string of the molecule is C1=CC2C=NCCC2=CC1. The first-order valence-electron chi connectivity index (χ1n) is 3.82. The highest BCUT2D eigenvalue weighted by Gasteiger charge is 2.13. The van der Waals surface area contributed by atoms with E-state index in [1.807, 2.05) is 0 Å². The fourth-order valence-corrected chi connectivity index (χ4v) is 1.50. The van der Waals surface area contributed by atoms with Crippen LogP contribution in [0.1, 0.15) is 12.8 Å². The monoisotopic (exact) mass is 133 g/mol. The lowest BCUT2D eigenvalue weighted by molar-refractivity contribution is 0.810. The van der Waals surface area contributed by atoms with E-state index >= 15 is 0 Å². The number of rotatable bonds is 0. The third kappa shape index (κ3) is 0.919. The fourth-order valence-electron chi connectivity index (χ4n) is 1.50. The van der Waals surface area contributed by atoms with Gasteiger partial charge in [-0.1, -0.05) is 23.8 Å². The van der Waals surface area contributed by atoms with E-state index in [1.165, 1.54) is 6.42 Å². The molecule has 0 fully saturated rings. The number of nitrogens with zero attached hydrogens (tertiary/aromatic N) is 1. The van der Waals surface area contributed by atoms with Gasteiger partial charge in [0.2, 0.25) is 0 Å². The van der Waals surface area contributed by atoms with Crippen LogP contribution in [0.5, 0.6) is 0 Å². The number of allylic oxidation sites excluding steroid dienone is 3. The van der Waals surface area contributed by atoms with Crippen molar-refractivity contribution in [3.63, 3.8) is 0 Å². The van der Waals surface area contributed by atoms with Gasteiger partial charge in [-0.15, -0.1) is 0 Å². The Kier molecular flexibility index (Phi) is 1.42. The molecule has 1 heteroatoms. The van der Waals surface area contributed by atoms with Gasteiger partial charge in [0.15, 0.2) is 0 Å². The van der Waals surface area contributed by atoms with Crippen LogP contribution in [0.2, 0.25) is 0 Å². The molecule has 2 rings (SSSR count). The lowest BCUT2D eigenvalue weighted by atomic mass is 9.90. The van der Waals surface area contributed by atoms with Crippen molar-refractivity contribution in [1.82, 2.24) is 0 Å². The summed E-state index contributed by atoms with van der Waals surface area (Å²) in [5, 5.41) is 0. The van der Waals surface area contributed by atoms with E-state index in [-0.39, 0.29) is 0 Å². The minimum atomic E-state index is 0.544. The molecule has 10 heavy (non-hydrogen) atoms. The first kappa shape index (κ1) is 5.90. The molecule has 0 amide bonds. The van der Waals surface area contributed by atoms with Crippen molar-refractivity contribution in [3.05, 3.63) is 23.8 Å². The molecule has 0 aromatic carbocycles. The molecule has 0 saturated carbocycles. The van der Waals surface area contributed by atoms with Gasteiger partial charge < -0.3 is 0 Å². The van der Waals surface area contributed by atoms with Crippen molar-refractivity contribution in [2.75, 3.05) is 6.54 Å². The number of hydrogen-bond donors (Lipinski definition) is 0. The Morgan fingerprint density at radius 1 is 1.50 bits per heavy atom. The van der Waals surface area contributed by atoms with Crippen LogP contribution >= 0.6 is 0 Å². The van der Waals surface area contributed by atoms with Crippen LogP contribution in [0, 0.1) is 5.92 Å². The average Bonchev–Trinajstić information content (AvgIpc) is 2.05. The molecule has 0 bridgehead atoms. The molecule has 1 unspecified atom stereocenters. The summed E-state index contributed by atoms with van der Waals surface area (Å²) >= 11 is 0. The van der Waals surface area contributed by atoms with Gasteiger partial charge in [0.1, 0.15) is 0 Å². The minimum absolute atomic E-state index is 0.544. The first-order valence-corrected chi connectivity index (χ1v) is 3.82. The van der Waals surface area contributed by atoms with Gasteiger partial charge in [0, 0.05) is 18.7 Å². The topological polar surface area (TPSA) is 12.4 Å². The van der Waals surface area contributed by atoms with Crippen molar-refractivity contribution < 1.29 is 0 Å². The summed E-state index contributed by atoms with van der Waals surface area (Å²) in [6.45, 7) is 0.996. The Hall–Kier alpha value is -0.850. The molecular formula is C9H11N. The molecule has 2 aliphatic rings. The van der Waals surface area contributed by atoms with Crippen LogP contribution in [0.25, 0.3) is 0 Å². The third-order valence-electron chi connectivity index (χ3n) is 2.08. The molecule has 0 spiro atoms. The Morgan fingerprint density at radius 2 is 2.50 bits per heavy atom. The summed E-state index contributed by atoms with van der Waals surface area (Å²) < 4.78 is 0. The van der Waals surface area contributed by atoms with Crippen LogP contribution in [0.4, 0.5) is 0 Å². The molecule has 1 atom stereocenters. The van der Waals surface area contributed by atoms with Gasteiger partial charge in [-0.05, 0) is 12.8 Å². The highest BCUT2D eigenvalue weighted by molar-refractivity contribution is 5.69. The minimum Gasteiger partial charge on any atom is -0.296 e. The zero-order chi connectivity index (χ0) is 6.81. The number of hydrogen-bond acceptors (Lipinski definition) is 1. The summed E-state index contributed by atoms with van der Waals surface area (Å²) in [4.78, 5) is 4.24. The van der Waals surface area contributed by atoms with Crippen molar-refractivity contribution in [3.8, 4) is 0 Å². The Labute approximate surface area is 61.2 Å². The Bertz CT molecular complexity index is 211. The first-order chi connectivity index (χ1) is 4.97. The lowest BCUT2D eigenvalue weighted by Crippen LogP contribution is -2.11.